The molecule has 0 nitrogen and oxygen atoms in total. The van der Waals surface area contributed by atoms with Crippen molar-refractivity contribution in [3.8, 4) is 0 Å². The summed E-state index contributed by atoms with van der Waals surface area (Å²) in [6.45, 7) is 2.51. The second kappa shape index (κ2) is 16.9. The molecule has 1 atom stereocenters. The van der Waals surface area contributed by atoms with E-state index in [1.165, 1.54) is 0 Å². The molecule has 0 aliphatic heterocycles. The monoisotopic (exact) mass is 848 g/mol. The van der Waals surface area contributed by atoms with Crippen molar-refractivity contribution >= 4 is 45.2 Å². The zero-order chi connectivity index (χ0) is 29.0. The van der Waals surface area contributed by atoms with Crippen LogP contribution < -0.4 is 0 Å². The van der Waals surface area contributed by atoms with Crippen LogP contribution in [0.1, 0.15) is 36.1 Å². The average Bonchev–Trinajstić information content (AvgIpc) is 2.50. The first kappa shape index (κ1) is 54.0. The van der Waals surface area contributed by atoms with Gasteiger partial charge in [-0.05, 0) is 22.6 Å². The minimum Gasteiger partial charge on any atom is -0.224 e. The highest BCUT2D eigenvalue weighted by atomic mass is 127. The van der Waals surface area contributed by atoms with Crippen LogP contribution in [-0.2, 0) is 0 Å². The molecule has 22 heteroatoms. The molecule has 0 saturated carbocycles. The standard InChI is InChI=1S/C6H3F10I.C3F7I.C3H3F3.4CH4/c7-3(5(11,12)13,6(14,15)16)1-2(17)4(8,9)10;4-1(11,2(5,6)7)3(8,9)10;1-2-3(4,5)6;;;;/h2H,1H2;;2H,1H2;4*1H4. The summed E-state index contributed by atoms with van der Waals surface area (Å²) < 4.78 is 223. The number of rotatable bonds is 2. The molecule has 0 aromatic rings. The van der Waals surface area contributed by atoms with Crippen molar-refractivity contribution in [2.24, 2.45) is 0 Å². The number of allylic oxidation sites excluding steroid dienone is 1. The molecule has 0 aliphatic carbocycles. The maximum absolute atomic E-state index is 12.8. The topological polar surface area (TPSA) is 0 Å². The van der Waals surface area contributed by atoms with Gasteiger partial charge in [-0.2, -0.15) is 79.0 Å². The second-order valence-electron chi connectivity index (χ2n) is 5.33. The van der Waals surface area contributed by atoms with E-state index in [1.54, 1.807) is 0 Å². The smallest absolute Gasteiger partial charge is 0.224 e. The van der Waals surface area contributed by atoms with Gasteiger partial charge in [-0.15, -0.1) is 0 Å². The quantitative estimate of drug-likeness (QED) is 0.112. The van der Waals surface area contributed by atoms with Gasteiger partial charge >= 0.3 is 46.4 Å². The molecule has 0 fully saturated rings. The predicted octanol–water partition coefficient (Wildman–Crippen LogP) is 12.1. The lowest BCUT2D eigenvalue weighted by Gasteiger charge is -2.31. The van der Waals surface area contributed by atoms with Crippen LogP contribution in [0, 0.1) is 0 Å². The summed E-state index contributed by atoms with van der Waals surface area (Å²) in [5.41, 5.74) is -5.87. The normalized spacial score (nSPS) is 13.8. The SMILES string of the molecule is C.C.C.C.C=CC(F)(F)F.FC(F)(F)C(F)(I)C(F)(F)F.FC(F)(F)C(I)CC(F)(C(F)(F)F)C(F)(F)F. The molecular weight excluding hydrogens is 826 g/mol. The average molecular weight is 848 g/mol. The zero-order valence-electron chi connectivity index (χ0n) is 14.9. The summed E-state index contributed by atoms with van der Waals surface area (Å²) in [6, 6.07) is 0. The van der Waals surface area contributed by atoms with Crippen LogP contribution in [0.2, 0.25) is 0 Å². The Labute approximate surface area is 231 Å². The Hall–Kier alpha value is -0.200. The molecule has 0 amide bonds. The molecule has 0 saturated heterocycles. The van der Waals surface area contributed by atoms with E-state index >= 15 is 0 Å². The largest absolute Gasteiger partial charge is 0.441 e. The van der Waals surface area contributed by atoms with Gasteiger partial charge in [0.25, 0.3) is 0 Å². The minimum atomic E-state index is -6.46. The molecule has 0 heterocycles. The Morgan fingerprint density at radius 2 is 0.737 bits per heavy atom. The third-order valence-corrected chi connectivity index (χ3v) is 5.03. The van der Waals surface area contributed by atoms with Crippen LogP contribution in [-0.4, -0.2) is 50.3 Å². The van der Waals surface area contributed by atoms with E-state index in [1.807, 2.05) is 0 Å². The predicted molar refractivity (Wildman–Crippen MR) is 118 cm³/mol. The van der Waals surface area contributed by atoms with Gasteiger partial charge in [0.1, 0.15) is 3.92 Å². The number of halogens is 22. The highest BCUT2D eigenvalue weighted by Crippen LogP contribution is 2.52. The fourth-order valence-electron chi connectivity index (χ4n) is 0.916. The first-order chi connectivity index (χ1) is 14.2. The Kier molecular flexibility index (Phi) is 24.0. The fraction of sp³-hybridized carbons (Fsp3) is 0.875. The van der Waals surface area contributed by atoms with E-state index in [4.69, 9.17) is 0 Å². The van der Waals surface area contributed by atoms with E-state index in [0.717, 1.165) is 0 Å². The molecule has 1 unspecified atom stereocenters. The molecule has 0 rings (SSSR count). The van der Waals surface area contributed by atoms with Crippen molar-refractivity contribution < 1.29 is 87.8 Å². The minimum absolute atomic E-state index is 0. The van der Waals surface area contributed by atoms with E-state index in [-0.39, 0.29) is 81.0 Å². The zero-order valence-corrected chi connectivity index (χ0v) is 19.2. The summed E-state index contributed by atoms with van der Waals surface area (Å²) >= 11 is -0.0390. The van der Waals surface area contributed by atoms with Crippen LogP contribution in [0.25, 0.3) is 0 Å². The van der Waals surface area contributed by atoms with Crippen molar-refractivity contribution in [1.29, 1.82) is 0 Å². The summed E-state index contributed by atoms with van der Waals surface area (Å²) in [5, 5.41) is 0. The van der Waals surface area contributed by atoms with Crippen molar-refractivity contribution in [3.05, 3.63) is 12.7 Å². The summed E-state index contributed by atoms with van der Waals surface area (Å²) in [4.78, 5) is 0. The summed E-state index contributed by atoms with van der Waals surface area (Å²) in [7, 11) is 0. The van der Waals surface area contributed by atoms with Gasteiger partial charge in [0.2, 0.25) is 0 Å². The molecule has 38 heavy (non-hydrogen) atoms. The van der Waals surface area contributed by atoms with Gasteiger partial charge in [-0.1, -0.05) is 58.9 Å². The lowest BCUT2D eigenvalue weighted by molar-refractivity contribution is -0.345. The van der Waals surface area contributed by atoms with Crippen molar-refractivity contribution in [1.82, 2.24) is 0 Å². The summed E-state index contributed by atoms with van der Waals surface area (Å²) in [5.74, 6) is 0. The first-order valence-electron chi connectivity index (χ1n) is 6.93. The number of hydrogen-bond donors (Lipinski definition) is 0. The highest BCUT2D eigenvalue weighted by molar-refractivity contribution is 14.1. The molecule has 0 spiro atoms. The van der Waals surface area contributed by atoms with Crippen molar-refractivity contribution in [3.63, 3.8) is 0 Å². The Balaban J connectivity index is -0.0000000799. The Morgan fingerprint density at radius 3 is 0.816 bits per heavy atom. The first-order valence-corrected chi connectivity index (χ1v) is 9.26. The number of hydrogen-bond acceptors (Lipinski definition) is 0. The number of alkyl halides is 22. The van der Waals surface area contributed by atoms with Gasteiger partial charge in [-0.3, -0.25) is 0 Å². The molecule has 0 aliphatic rings. The molecule has 0 aromatic carbocycles. The van der Waals surface area contributed by atoms with Crippen LogP contribution in [0.4, 0.5) is 87.8 Å². The van der Waals surface area contributed by atoms with Gasteiger partial charge in [0.05, 0.1) is 0 Å². The van der Waals surface area contributed by atoms with E-state index in [2.05, 4.69) is 6.58 Å². The third-order valence-electron chi connectivity index (χ3n) is 2.66. The van der Waals surface area contributed by atoms with Gasteiger partial charge < -0.3 is 0 Å². The Bertz CT molecular complexity index is 588. The van der Waals surface area contributed by atoms with E-state index < -0.39 is 56.7 Å². The summed E-state index contributed by atoms with van der Waals surface area (Å²) in [6.07, 6.45) is -37.1. The molecule has 0 bridgehead atoms. The van der Waals surface area contributed by atoms with Gasteiger partial charge in [0.15, 0.2) is 0 Å². The van der Waals surface area contributed by atoms with Crippen molar-refractivity contribution in [2.45, 2.75) is 86.5 Å². The van der Waals surface area contributed by atoms with Crippen LogP contribution in [0.3, 0.4) is 0 Å². The Morgan fingerprint density at radius 1 is 0.526 bits per heavy atom. The second-order valence-corrected chi connectivity index (χ2v) is 8.32. The van der Waals surface area contributed by atoms with Crippen LogP contribution >= 0.6 is 45.2 Å². The molecule has 240 valence electrons. The van der Waals surface area contributed by atoms with E-state index in [9.17, 15) is 87.8 Å². The molecule has 0 radical (unpaired) electrons. The van der Waals surface area contributed by atoms with Gasteiger partial charge in [-0.25, -0.2) is 8.78 Å². The van der Waals surface area contributed by atoms with Gasteiger partial charge in [0, 0.05) is 12.5 Å². The lowest BCUT2D eigenvalue weighted by atomic mass is 9.98. The van der Waals surface area contributed by atoms with Crippen molar-refractivity contribution in [2.75, 3.05) is 0 Å². The van der Waals surface area contributed by atoms with E-state index in [0.29, 0.717) is 0 Å². The molecule has 0 N–H and O–H groups in total. The fourth-order valence-corrected chi connectivity index (χ4v) is 1.52. The maximum atomic E-state index is 12.8. The lowest BCUT2D eigenvalue weighted by Crippen LogP contribution is -2.55. The third kappa shape index (κ3) is 17.5. The maximum Gasteiger partial charge on any atom is 0.441 e. The van der Waals surface area contributed by atoms with Crippen LogP contribution in [0.5, 0.6) is 0 Å². The molecule has 0 aromatic heterocycles. The highest BCUT2D eigenvalue weighted by Gasteiger charge is 2.74. The van der Waals surface area contributed by atoms with Crippen LogP contribution in [0.15, 0.2) is 12.7 Å². The molecular formula is C16H22F20I2.